The van der Waals surface area contributed by atoms with Crippen molar-refractivity contribution in [2.45, 2.75) is 19.8 Å². The van der Waals surface area contributed by atoms with Gasteiger partial charge in [-0.3, -0.25) is 4.79 Å². The molecule has 0 saturated heterocycles. The van der Waals surface area contributed by atoms with Gasteiger partial charge in [0.2, 0.25) is 5.91 Å². The molecule has 0 unspecified atom stereocenters. The molecular formula is C14H17NO2. The maximum absolute atomic E-state index is 12.1. The Balaban J connectivity index is 2.08. The quantitative estimate of drug-likeness (QED) is 0.799. The zero-order valence-electron chi connectivity index (χ0n) is 10.3. The van der Waals surface area contributed by atoms with Crippen molar-refractivity contribution in [3.63, 3.8) is 0 Å². The molecule has 3 heteroatoms. The Kier molecular flexibility index (Phi) is 3.47. The van der Waals surface area contributed by atoms with Crippen LogP contribution in [0, 0.1) is 0 Å². The summed E-state index contributed by atoms with van der Waals surface area (Å²) in [6.07, 6.45) is 3.32. The highest BCUT2D eigenvalue weighted by Gasteiger charge is 2.17. The van der Waals surface area contributed by atoms with Gasteiger partial charge >= 0.3 is 0 Å². The van der Waals surface area contributed by atoms with Crippen LogP contribution in [-0.2, 0) is 11.2 Å². The first kappa shape index (κ1) is 11.7. The molecule has 0 N–H and O–H groups in total. The van der Waals surface area contributed by atoms with Gasteiger partial charge in [0.25, 0.3) is 0 Å². The fourth-order valence-corrected chi connectivity index (χ4v) is 2.00. The highest BCUT2D eigenvalue weighted by atomic mass is 16.5. The third-order valence-corrected chi connectivity index (χ3v) is 2.98. The van der Waals surface area contributed by atoms with Gasteiger partial charge in [0, 0.05) is 18.3 Å². The maximum Gasteiger partial charge on any atom is 0.231 e. The van der Waals surface area contributed by atoms with Gasteiger partial charge in [-0.1, -0.05) is 23.8 Å². The number of carbonyl (C=O) groups is 1. The molecule has 1 aliphatic heterocycles. The molecule has 90 valence electrons. The fourth-order valence-electron chi connectivity index (χ4n) is 2.00. The molecule has 0 saturated carbocycles. The lowest BCUT2D eigenvalue weighted by Gasteiger charge is -2.14. The second kappa shape index (κ2) is 5.04. The normalized spacial score (nSPS) is 14.7. The number of rotatable bonds is 3. The SMILES string of the molecule is COc1ccccc1CC(=O)N1C=C(C)CC1. The summed E-state index contributed by atoms with van der Waals surface area (Å²) < 4.78 is 5.24. The summed E-state index contributed by atoms with van der Waals surface area (Å²) in [6.45, 7) is 2.86. The van der Waals surface area contributed by atoms with Crippen LogP contribution in [0.2, 0.25) is 0 Å². The van der Waals surface area contributed by atoms with Crippen molar-refractivity contribution in [3.05, 3.63) is 41.6 Å². The van der Waals surface area contributed by atoms with Crippen LogP contribution in [0.3, 0.4) is 0 Å². The van der Waals surface area contributed by atoms with E-state index in [1.165, 1.54) is 5.57 Å². The summed E-state index contributed by atoms with van der Waals surface area (Å²) in [5, 5.41) is 0. The largest absolute Gasteiger partial charge is 0.496 e. The van der Waals surface area contributed by atoms with Gasteiger partial charge in [0.15, 0.2) is 0 Å². The Labute approximate surface area is 102 Å². The average molecular weight is 231 g/mol. The molecule has 0 fully saturated rings. The molecule has 0 aromatic heterocycles. The van der Waals surface area contributed by atoms with Crippen LogP contribution in [-0.4, -0.2) is 24.5 Å². The summed E-state index contributed by atoms with van der Waals surface area (Å²) in [5.74, 6) is 0.909. The number of methoxy groups -OCH3 is 1. The van der Waals surface area contributed by atoms with Crippen molar-refractivity contribution < 1.29 is 9.53 Å². The third kappa shape index (κ3) is 2.67. The highest BCUT2D eigenvalue weighted by molar-refractivity contribution is 5.80. The summed E-state index contributed by atoms with van der Waals surface area (Å²) >= 11 is 0. The minimum Gasteiger partial charge on any atom is -0.496 e. The van der Waals surface area contributed by atoms with E-state index >= 15 is 0 Å². The van der Waals surface area contributed by atoms with Crippen molar-refractivity contribution in [3.8, 4) is 5.75 Å². The van der Waals surface area contributed by atoms with E-state index < -0.39 is 0 Å². The maximum atomic E-state index is 12.1. The summed E-state index contributed by atoms with van der Waals surface area (Å²) in [5.41, 5.74) is 2.20. The highest BCUT2D eigenvalue weighted by Crippen LogP contribution is 2.20. The molecule has 17 heavy (non-hydrogen) atoms. The predicted octanol–water partition coefficient (Wildman–Crippen LogP) is 2.37. The van der Waals surface area contributed by atoms with Gasteiger partial charge < -0.3 is 9.64 Å². The number of nitrogens with zero attached hydrogens (tertiary/aromatic N) is 1. The number of hydrogen-bond donors (Lipinski definition) is 0. The molecule has 0 atom stereocenters. The van der Waals surface area contributed by atoms with Gasteiger partial charge in [-0.2, -0.15) is 0 Å². The number of carbonyl (C=O) groups excluding carboxylic acids is 1. The number of amides is 1. The first-order valence-corrected chi connectivity index (χ1v) is 5.79. The first-order valence-electron chi connectivity index (χ1n) is 5.79. The summed E-state index contributed by atoms with van der Waals surface area (Å²) in [7, 11) is 1.63. The Morgan fingerprint density at radius 1 is 1.41 bits per heavy atom. The lowest BCUT2D eigenvalue weighted by atomic mass is 10.1. The molecule has 0 bridgehead atoms. The molecule has 1 amide bonds. The molecule has 1 aromatic rings. The monoisotopic (exact) mass is 231 g/mol. The molecule has 0 radical (unpaired) electrons. The van der Waals surface area contributed by atoms with Crippen molar-refractivity contribution in [2.75, 3.05) is 13.7 Å². The van der Waals surface area contributed by atoms with E-state index in [9.17, 15) is 4.79 Å². The Hall–Kier alpha value is -1.77. The Bertz CT molecular complexity index is 451. The lowest BCUT2D eigenvalue weighted by molar-refractivity contribution is -0.127. The molecule has 2 rings (SSSR count). The zero-order chi connectivity index (χ0) is 12.3. The van der Waals surface area contributed by atoms with Crippen molar-refractivity contribution >= 4 is 5.91 Å². The van der Waals surface area contributed by atoms with E-state index in [0.717, 1.165) is 24.3 Å². The first-order chi connectivity index (χ1) is 8.20. The second-order valence-corrected chi connectivity index (χ2v) is 4.30. The van der Waals surface area contributed by atoms with Crippen LogP contribution in [0.15, 0.2) is 36.0 Å². The van der Waals surface area contributed by atoms with Gasteiger partial charge in [-0.25, -0.2) is 0 Å². The predicted molar refractivity (Wildman–Crippen MR) is 66.8 cm³/mol. The minimum absolute atomic E-state index is 0.131. The van der Waals surface area contributed by atoms with Gasteiger partial charge in [-0.15, -0.1) is 0 Å². The Morgan fingerprint density at radius 3 is 2.82 bits per heavy atom. The standard InChI is InChI=1S/C14H17NO2/c1-11-7-8-15(10-11)14(16)9-12-5-3-4-6-13(12)17-2/h3-6,10H,7-9H2,1-2H3. The van der Waals surface area contributed by atoms with E-state index in [1.807, 2.05) is 30.5 Å². The topological polar surface area (TPSA) is 29.5 Å². The molecule has 0 aliphatic carbocycles. The van der Waals surface area contributed by atoms with Gasteiger partial charge in [-0.05, 0) is 19.4 Å². The number of para-hydroxylation sites is 1. The van der Waals surface area contributed by atoms with Crippen LogP contribution in [0.1, 0.15) is 18.9 Å². The fraction of sp³-hybridized carbons (Fsp3) is 0.357. The lowest BCUT2D eigenvalue weighted by Crippen LogP contribution is -2.25. The number of benzene rings is 1. The van der Waals surface area contributed by atoms with Crippen LogP contribution in [0.5, 0.6) is 5.75 Å². The summed E-state index contributed by atoms with van der Waals surface area (Å²) in [6, 6.07) is 7.65. The molecule has 1 aromatic carbocycles. The van der Waals surface area contributed by atoms with E-state index in [1.54, 1.807) is 12.0 Å². The zero-order valence-corrected chi connectivity index (χ0v) is 10.3. The van der Waals surface area contributed by atoms with E-state index in [2.05, 4.69) is 6.92 Å². The third-order valence-electron chi connectivity index (χ3n) is 2.98. The number of hydrogen-bond acceptors (Lipinski definition) is 2. The average Bonchev–Trinajstić information content (AvgIpc) is 2.77. The van der Waals surface area contributed by atoms with Crippen molar-refractivity contribution in [1.29, 1.82) is 0 Å². The second-order valence-electron chi connectivity index (χ2n) is 4.30. The molecular weight excluding hydrogens is 214 g/mol. The Morgan fingerprint density at radius 2 is 2.18 bits per heavy atom. The van der Waals surface area contributed by atoms with Crippen LogP contribution in [0.4, 0.5) is 0 Å². The van der Waals surface area contributed by atoms with Crippen LogP contribution in [0.25, 0.3) is 0 Å². The van der Waals surface area contributed by atoms with E-state index in [-0.39, 0.29) is 5.91 Å². The van der Waals surface area contributed by atoms with Gasteiger partial charge in [0.05, 0.1) is 13.5 Å². The van der Waals surface area contributed by atoms with Crippen LogP contribution >= 0.6 is 0 Å². The number of ether oxygens (including phenoxy) is 1. The van der Waals surface area contributed by atoms with E-state index in [0.29, 0.717) is 6.42 Å². The van der Waals surface area contributed by atoms with E-state index in [4.69, 9.17) is 4.74 Å². The van der Waals surface area contributed by atoms with Crippen molar-refractivity contribution in [1.82, 2.24) is 4.90 Å². The smallest absolute Gasteiger partial charge is 0.231 e. The molecule has 3 nitrogen and oxygen atoms in total. The molecule has 0 spiro atoms. The molecule has 1 heterocycles. The van der Waals surface area contributed by atoms with Crippen LogP contribution < -0.4 is 4.74 Å². The molecule has 1 aliphatic rings. The van der Waals surface area contributed by atoms with Gasteiger partial charge in [0.1, 0.15) is 5.75 Å². The summed E-state index contributed by atoms with van der Waals surface area (Å²) in [4.78, 5) is 13.8. The van der Waals surface area contributed by atoms with Crippen molar-refractivity contribution in [2.24, 2.45) is 0 Å². The minimum atomic E-state index is 0.131.